The predicted molar refractivity (Wildman–Crippen MR) is 56.3 cm³/mol. The lowest BCUT2D eigenvalue weighted by Gasteiger charge is -2.33. The summed E-state index contributed by atoms with van der Waals surface area (Å²) in [6.07, 6.45) is 3.19. The third kappa shape index (κ3) is 2.98. The number of rotatable bonds is 3. The van der Waals surface area contributed by atoms with Crippen molar-refractivity contribution in [3.63, 3.8) is 0 Å². The Morgan fingerprint density at radius 1 is 1.57 bits per heavy atom. The zero-order chi connectivity index (χ0) is 10.8. The molecule has 14 heavy (non-hydrogen) atoms. The van der Waals surface area contributed by atoms with E-state index in [0.717, 1.165) is 19.5 Å². The molecule has 1 heterocycles. The SMILES string of the molecule is CN1CCC[C@H](CC(C)(C)C(=O)O)C1. The van der Waals surface area contributed by atoms with Crippen molar-refractivity contribution in [1.29, 1.82) is 0 Å². The number of carboxylic acid groups (broad SMARTS) is 1. The highest BCUT2D eigenvalue weighted by Crippen LogP contribution is 2.30. The van der Waals surface area contributed by atoms with E-state index in [1.165, 1.54) is 12.8 Å². The van der Waals surface area contributed by atoms with Gasteiger partial charge in [0, 0.05) is 6.54 Å². The molecule has 1 rings (SSSR count). The summed E-state index contributed by atoms with van der Waals surface area (Å²) >= 11 is 0. The minimum absolute atomic E-state index is 0.555. The molecule has 82 valence electrons. The van der Waals surface area contributed by atoms with Crippen LogP contribution in [0.3, 0.4) is 0 Å². The smallest absolute Gasteiger partial charge is 0.309 e. The Kier molecular flexibility index (Phi) is 3.53. The molecule has 0 aromatic rings. The summed E-state index contributed by atoms with van der Waals surface area (Å²) in [5.41, 5.74) is -0.567. The van der Waals surface area contributed by atoms with Crippen molar-refractivity contribution in [2.24, 2.45) is 11.3 Å². The quantitative estimate of drug-likeness (QED) is 0.754. The Morgan fingerprint density at radius 2 is 2.21 bits per heavy atom. The van der Waals surface area contributed by atoms with E-state index in [0.29, 0.717) is 5.92 Å². The van der Waals surface area contributed by atoms with Gasteiger partial charge in [0.1, 0.15) is 0 Å². The molecule has 0 bridgehead atoms. The maximum absolute atomic E-state index is 11.0. The van der Waals surface area contributed by atoms with Gasteiger partial charge in [-0.25, -0.2) is 0 Å². The summed E-state index contributed by atoms with van der Waals surface area (Å²) < 4.78 is 0. The largest absolute Gasteiger partial charge is 0.481 e. The van der Waals surface area contributed by atoms with Crippen LogP contribution in [0.15, 0.2) is 0 Å². The average molecular weight is 199 g/mol. The predicted octanol–water partition coefficient (Wildman–Crippen LogP) is 1.83. The van der Waals surface area contributed by atoms with Crippen LogP contribution in [0, 0.1) is 11.3 Å². The number of nitrogens with zero attached hydrogens (tertiary/aromatic N) is 1. The summed E-state index contributed by atoms with van der Waals surface area (Å²) in [4.78, 5) is 13.3. The molecule has 0 saturated carbocycles. The summed E-state index contributed by atoms with van der Waals surface area (Å²) in [6, 6.07) is 0. The fourth-order valence-electron chi connectivity index (χ4n) is 2.25. The van der Waals surface area contributed by atoms with Gasteiger partial charge < -0.3 is 10.0 Å². The lowest BCUT2D eigenvalue weighted by atomic mass is 9.80. The van der Waals surface area contributed by atoms with E-state index in [1.807, 2.05) is 13.8 Å². The molecular formula is C11H21NO2. The lowest BCUT2D eigenvalue weighted by Crippen LogP contribution is -2.36. The molecule has 1 saturated heterocycles. The van der Waals surface area contributed by atoms with Gasteiger partial charge in [0.05, 0.1) is 5.41 Å². The van der Waals surface area contributed by atoms with Gasteiger partial charge in [-0.2, -0.15) is 0 Å². The second-order valence-electron chi connectivity index (χ2n) is 5.16. The Morgan fingerprint density at radius 3 is 2.71 bits per heavy atom. The first-order valence-corrected chi connectivity index (χ1v) is 5.34. The first-order valence-electron chi connectivity index (χ1n) is 5.34. The van der Waals surface area contributed by atoms with Crippen molar-refractivity contribution in [3.8, 4) is 0 Å². The normalized spacial score (nSPS) is 24.9. The van der Waals surface area contributed by atoms with Gasteiger partial charge in [0.25, 0.3) is 0 Å². The molecule has 0 aliphatic carbocycles. The van der Waals surface area contributed by atoms with Crippen LogP contribution in [-0.2, 0) is 4.79 Å². The highest BCUT2D eigenvalue weighted by atomic mass is 16.4. The maximum Gasteiger partial charge on any atom is 0.309 e. The Labute approximate surface area is 86.1 Å². The molecule has 0 aromatic heterocycles. The first kappa shape index (κ1) is 11.5. The molecular weight excluding hydrogens is 178 g/mol. The van der Waals surface area contributed by atoms with Crippen molar-refractivity contribution < 1.29 is 9.90 Å². The van der Waals surface area contributed by atoms with Crippen molar-refractivity contribution in [3.05, 3.63) is 0 Å². The van der Waals surface area contributed by atoms with Gasteiger partial charge in [-0.15, -0.1) is 0 Å². The van der Waals surface area contributed by atoms with Gasteiger partial charge in [0.2, 0.25) is 0 Å². The minimum atomic E-state index is -0.675. The van der Waals surface area contributed by atoms with Gasteiger partial charge in [0.15, 0.2) is 0 Å². The van der Waals surface area contributed by atoms with E-state index in [1.54, 1.807) is 0 Å². The summed E-state index contributed by atoms with van der Waals surface area (Å²) in [5.74, 6) is -0.120. The number of aliphatic carboxylic acids is 1. The van der Waals surface area contributed by atoms with Crippen LogP contribution in [-0.4, -0.2) is 36.1 Å². The molecule has 1 N–H and O–H groups in total. The van der Waals surface area contributed by atoms with Crippen LogP contribution >= 0.6 is 0 Å². The zero-order valence-electron chi connectivity index (χ0n) is 9.42. The third-order valence-corrected chi connectivity index (χ3v) is 3.10. The Bertz CT molecular complexity index is 213. The fraction of sp³-hybridized carbons (Fsp3) is 0.909. The molecule has 1 atom stereocenters. The van der Waals surface area contributed by atoms with Crippen molar-refractivity contribution in [2.75, 3.05) is 20.1 Å². The molecule has 0 aromatic carbocycles. The summed E-state index contributed by atoms with van der Waals surface area (Å²) in [5, 5.41) is 9.02. The molecule has 1 fully saturated rings. The molecule has 0 radical (unpaired) electrons. The molecule has 0 spiro atoms. The van der Waals surface area contributed by atoms with E-state index < -0.39 is 11.4 Å². The number of hydrogen-bond donors (Lipinski definition) is 1. The molecule has 1 aliphatic heterocycles. The molecule has 0 amide bonds. The highest BCUT2D eigenvalue weighted by molar-refractivity contribution is 5.73. The number of carbonyl (C=O) groups is 1. The van der Waals surface area contributed by atoms with Crippen molar-refractivity contribution >= 4 is 5.97 Å². The molecule has 3 heteroatoms. The van der Waals surface area contributed by atoms with E-state index in [2.05, 4.69) is 11.9 Å². The highest BCUT2D eigenvalue weighted by Gasteiger charge is 2.31. The monoisotopic (exact) mass is 199 g/mol. The fourth-order valence-corrected chi connectivity index (χ4v) is 2.25. The first-order chi connectivity index (χ1) is 6.42. The van der Waals surface area contributed by atoms with Crippen LogP contribution in [0.1, 0.15) is 33.1 Å². The summed E-state index contributed by atoms with van der Waals surface area (Å²) in [6.45, 7) is 5.86. The topological polar surface area (TPSA) is 40.5 Å². The number of likely N-dealkylation sites (tertiary alicyclic amines) is 1. The Hall–Kier alpha value is -0.570. The molecule has 3 nitrogen and oxygen atoms in total. The lowest BCUT2D eigenvalue weighted by molar-refractivity contribution is -0.148. The van der Waals surface area contributed by atoms with Crippen LogP contribution in [0.2, 0.25) is 0 Å². The maximum atomic E-state index is 11.0. The Balaban J connectivity index is 2.47. The number of carboxylic acids is 1. The molecule has 0 unspecified atom stereocenters. The van der Waals surface area contributed by atoms with Gasteiger partial charge in [-0.3, -0.25) is 4.79 Å². The minimum Gasteiger partial charge on any atom is -0.481 e. The number of hydrogen-bond acceptors (Lipinski definition) is 2. The summed E-state index contributed by atoms with van der Waals surface area (Å²) in [7, 11) is 2.11. The van der Waals surface area contributed by atoms with Gasteiger partial charge >= 0.3 is 5.97 Å². The molecule has 1 aliphatic rings. The van der Waals surface area contributed by atoms with Crippen LogP contribution in [0.4, 0.5) is 0 Å². The van der Waals surface area contributed by atoms with E-state index >= 15 is 0 Å². The van der Waals surface area contributed by atoms with E-state index in [4.69, 9.17) is 5.11 Å². The van der Waals surface area contributed by atoms with Crippen molar-refractivity contribution in [2.45, 2.75) is 33.1 Å². The van der Waals surface area contributed by atoms with Crippen LogP contribution in [0.25, 0.3) is 0 Å². The zero-order valence-corrected chi connectivity index (χ0v) is 9.42. The van der Waals surface area contributed by atoms with E-state index in [-0.39, 0.29) is 0 Å². The third-order valence-electron chi connectivity index (χ3n) is 3.10. The van der Waals surface area contributed by atoms with Crippen molar-refractivity contribution in [1.82, 2.24) is 4.90 Å². The van der Waals surface area contributed by atoms with Gasteiger partial charge in [-0.05, 0) is 52.6 Å². The second kappa shape index (κ2) is 4.30. The van der Waals surface area contributed by atoms with Crippen LogP contribution in [0.5, 0.6) is 0 Å². The standard InChI is InChI=1S/C11H21NO2/c1-11(2,10(13)14)7-9-5-4-6-12(3)8-9/h9H,4-8H2,1-3H3,(H,13,14)/t9-/m1/s1. The van der Waals surface area contributed by atoms with E-state index in [9.17, 15) is 4.79 Å². The number of piperidine rings is 1. The van der Waals surface area contributed by atoms with Crippen LogP contribution < -0.4 is 0 Å². The average Bonchev–Trinajstić information content (AvgIpc) is 2.02. The second-order valence-corrected chi connectivity index (χ2v) is 5.16. The van der Waals surface area contributed by atoms with Gasteiger partial charge in [-0.1, -0.05) is 0 Å².